The molecule has 1 aliphatic heterocycles. The lowest BCUT2D eigenvalue weighted by atomic mass is 10.2. The number of hydrogen-bond acceptors (Lipinski definition) is 4. The number of thioether (sulfide) groups is 1. The van der Waals surface area contributed by atoms with E-state index in [9.17, 15) is 9.59 Å². The van der Waals surface area contributed by atoms with Crippen molar-refractivity contribution in [3.63, 3.8) is 0 Å². The molecule has 1 N–H and O–H groups in total. The van der Waals surface area contributed by atoms with Crippen LogP contribution in [0.5, 0.6) is 0 Å². The first kappa shape index (κ1) is 14.8. The lowest BCUT2D eigenvalue weighted by Crippen LogP contribution is -2.53. The molecular formula is C14H19N3O2S. The topological polar surface area (TPSA) is 62.3 Å². The molecule has 108 valence electrons. The Morgan fingerprint density at radius 3 is 2.90 bits per heavy atom. The van der Waals surface area contributed by atoms with Gasteiger partial charge in [-0.2, -0.15) is 0 Å². The second kappa shape index (κ2) is 7.28. The van der Waals surface area contributed by atoms with Crippen molar-refractivity contribution in [1.82, 2.24) is 15.2 Å². The molecule has 2 rings (SSSR count). The molecule has 1 aromatic rings. The Morgan fingerprint density at radius 2 is 2.25 bits per heavy atom. The molecule has 0 radical (unpaired) electrons. The summed E-state index contributed by atoms with van der Waals surface area (Å²) < 4.78 is 0. The van der Waals surface area contributed by atoms with Crippen LogP contribution in [0, 0.1) is 0 Å². The van der Waals surface area contributed by atoms with Gasteiger partial charge in [0, 0.05) is 31.2 Å². The second-order valence-electron chi connectivity index (χ2n) is 4.66. The fourth-order valence-corrected chi connectivity index (χ4v) is 2.99. The number of rotatable bonds is 5. The minimum atomic E-state index is -0.376. The monoisotopic (exact) mass is 293 g/mol. The molecule has 1 atom stereocenters. The van der Waals surface area contributed by atoms with Crippen molar-refractivity contribution in [2.24, 2.45) is 0 Å². The first-order valence-electron chi connectivity index (χ1n) is 6.75. The predicted octanol–water partition coefficient (Wildman–Crippen LogP) is 0.704. The van der Waals surface area contributed by atoms with Crippen molar-refractivity contribution in [2.45, 2.75) is 19.4 Å². The van der Waals surface area contributed by atoms with Gasteiger partial charge in [0.05, 0.1) is 5.75 Å². The zero-order valence-electron chi connectivity index (χ0n) is 11.5. The van der Waals surface area contributed by atoms with Gasteiger partial charge in [-0.15, -0.1) is 11.8 Å². The number of carbonyl (C=O) groups is 2. The normalized spacial score (nSPS) is 18.4. The van der Waals surface area contributed by atoms with E-state index in [-0.39, 0.29) is 17.9 Å². The van der Waals surface area contributed by atoms with Gasteiger partial charge in [-0.1, -0.05) is 0 Å². The molecule has 0 spiro atoms. The number of aromatic nitrogens is 1. The molecule has 1 fully saturated rings. The maximum atomic E-state index is 12.4. The van der Waals surface area contributed by atoms with Gasteiger partial charge in [-0.05, 0) is 31.0 Å². The number of pyridine rings is 1. The largest absolute Gasteiger partial charge is 0.343 e. The maximum absolute atomic E-state index is 12.4. The third-order valence-corrected chi connectivity index (χ3v) is 4.30. The van der Waals surface area contributed by atoms with Crippen LogP contribution in [0.15, 0.2) is 24.5 Å². The molecule has 6 heteroatoms. The number of likely N-dealkylation sites (N-methyl/N-ethyl adjacent to an activating group) is 1. The zero-order valence-corrected chi connectivity index (χ0v) is 12.4. The molecule has 2 amide bonds. The predicted molar refractivity (Wildman–Crippen MR) is 79.5 cm³/mol. The molecule has 0 saturated carbocycles. The van der Waals surface area contributed by atoms with E-state index in [4.69, 9.17) is 0 Å². The fraction of sp³-hybridized carbons (Fsp3) is 0.500. The van der Waals surface area contributed by atoms with Crippen LogP contribution in [0.25, 0.3) is 0 Å². The van der Waals surface area contributed by atoms with Crippen molar-refractivity contribution in [2.75, 3.05) is 24.6 Å². The third kappa shape index (κ3) is 3.96. The highest BCUT2D eigenvalue weighted by atomic mass is 32.2. The Hall–Kier alpha value is -1.56. The highest BCUT2D eigenvalue weighted by Crippen LogP contribution is 2.11. The van der Waals surface area contributed by atoms with E-state index >= 15 is 0 Å². The van der Waals surface area contributed by atoms with E-state index in [2.05, 4.69) is 10.3 Å². The number of nitrogens with zero attached hydrogens (tertiary/aromatic N) is 2. The lowest BCUT2D eigenvalue weighted by Gasteiger charge is -2.28. The smallest absolute Gasteiger partial charge is 0.246 e. The van der Waals surface area contributed by atoms with Crippen LogP contribution in [0.1, 0.15) is 12.5 Å². The minimum Gasteiger partial charge on any atom is -0.343 e. The van der Waals surface area contributed by atoms with E-state index in [0.29, 0.717) is 24.6 Å². The Labute approximate surface area is 123 Å². The number of hydrogen-bond donors (Lipinski definition) is 1. The summed E-state index contributed by atoms with van der Waals surface area (Å²) in [6.07, 6.45) is 4.31. The highest BCUT2D eigenvalue weighted by molar-refractivity contribution is 8.00. The summed E-state index contributed by atoms with van der Waals surface area (Å²) in [4.78, 5) is 29.5. The summed E-state index contributed by atoms with van der Waals surface area (Å²) in [6, 6.07) is 3.53. The van der Waals surface area contributed by atoms with Gasteiger partial charge in [-0.3, -0.25) is 14.6 Å². The zero-order chi connectivity index (χ0) is 14.4. The first-order valence-corrected chi connectivity index (χ1v) is 7.91. The third-order valence-electron chi connectivity index (χ3n) is 3.26. The summed E-state index contributed by atoms with van der Waals surface area (Å²) in [7, 11) is 0. The Bertz CT molecular complexity index is 467. The van der Waals surface area contributed by atoms with E-state index < -0.39 is 0 Å². The summed E-state index contributed by atoms with van der Waals surface area (Å²) in [5.41, 5.74) is 1.16. The van der Waals surface area contributed by atoms with Crippen LogP contribution in [0.2, 0.25) is 0 Å². The molecule has 1 saturated heterocycles. The maximum Gasteiger partial charge on any atom is 0.246 e. The second-order valence-corrected chi connectivity index (χ2v) is 5.69. The van der Waals surface area contributed by atoms with Crippen molar-refractivity contribution >= 4 is 23.6 Å². The summed E-state index contributed by atoms with van der Waals surface area (Å²) in [5, 5.41) is 2.77. The van der Waals surface area contributed by atoms with E-state index in [1.165, 1.54) is 11.8 Å². The summed E-state index contributed by atoms with van der Waals surface area (Å²) in [5.74, 6) is 1.08. The van der Waals surface area contributed by atoms with Crippen LogP contribution in [-0.2, 0) is 16.0 Å². The van der Waals surface area contributed by atoms with Gasteiger partial charge >= 0.3 is 0 Å². The van der Waals surface area contributed by atoms with E-state index in [0.717, 1.165) is 12.0 Å². The lowest BCUT2D eigenvalue weighted by molar-refractivity contribution is -0.135. The van der Waals surface area contributed by atoms with Crippen LogP contribution < -0.4 is 5.32 Å². The molecule has 20 heavy (non-hydrogen) atoms. The number of amides is 2. The molecular weight excluding hydrogens is 274 g/mol. The van der Waals surface area contributed by atoms with Crippen molar-refractivity contribution in [3.05, 3.63) is 30.1 Å². The number of carbonyl (C=O) groups excluding carboxylic acids is 2. The fourth-order valence-electron chi connectivity index (χ4n) is 2.14. The van der Waals surface area contributed by atoms with Crippen LogP contribution in [0.4, 0.5) is 0 Å². The minimum absolute atomic E-state index is 0.0158. The average Bonchev–Trinajstić information content (AvgIpc) is 2.48. The molecule has 0 aliphatic carbocycles. The van der Waals surface area contributed by atoms with Crippen LogP contribution in [-0.4, -0.2) is 52.3 Å². The van der Waals surface area contributed by atoms with Crippen molar-refractivity contribution in [1.29, 1.82) is 0 Å². The van der Waals surface area contributed by atoms with Gasteiger partial charge in [-0.25, -0.2) is 0 Å². The number of nitrogens with one attached hydrogen (secondary N) is 1. The Balaban J connectivity index is 1.90. The molecule has 5 nitrogen and oxygen atoms in total. The molecule has 0 aromatic carbocycles. The molecule has 1 unspecified atom stereocenters. The van der Waals surface area contributed by atoms with Gasteiger partial charge in [0.1, 0.15) is 6.04 Å². The van der Waals surface area contributed by atoms with Crippen LogP contribution >= 0.6 is 11.8 Å². The molecule has 1 aromatic heterocycles. The Kier molecular flexibility index (Phi) is 5.40. The van der Waals surface area contributed by atoms with Crippen molar-refractivity contribution < 1.29 is 9.59 Å². The Morgan fingerprint density at radius 1 is 1.50 bits per heavy atom. The van der Waals surface area contributed by atoms with Crippen LogP contribution in [0.3, 0.4) is 0 Å². The quantitative estimate of drug-likeness (QED) is 0.868. The van der Waals surface area contributed by atoms with E-state index in [1.807, 2.05) is 19.1 Å². The van der Waals surface area contributed by atoms with Crippen molar-refractivity contribution in [3.8, 4) is 0 Å². The highest BCUT2D eigenvalue weighted by Gasteiger charge is 2.28. The van der Waals surface area contributed by atoms with Gasteiger partial charge in [0.15, 0.2) is 0 Å². The molecule has 1 aliphatic rings. The van der Waals surface area contributed by atoms with Gasteiger partial charge in [0.2, 0.25) is 11.8 Å². The average molecular weight is 293 g/mol. The summed E-state index contributed by atoms with van der Waals surface area (Å²) in [6.45, 7) is 3.28. The van der Waals surface area contributed by atoms with Gasteiger partial charge < -0.3 is 10.2 Å². The van der Waals surface area contributed by atoms with E-state index in [1.54, 1.807) is 17.3 Å². The standard InChI is InChI=1S/C14H19N3O2S/c1-2-17(8-5-11-3-6-15-7-4-11)14(19)12-9-20-10-13(18)16-12/h3-4,6-7,12H,2,5,8-10H2,1H3,(H,16,18). The van der Waals surface area contributed by atoms with Gasteiger partial charge in [0.25, 0.3) is 0 Å². The SMILES string of the molecule is CCN(CCc1ccncc1)C(=O)C1CSCC(=O)N1. The summed E-state index contributed by atoms with van der Waals surface area (Å²) >= 11 is 1.51. The first-order chi connectivity index (χ1) is 9.70. The molecule has 0 bridgehead atoms. The molecule has 2 heterocycles.